The SMILES string of the molecule is CCOC(=O)C1(C#N)CC2=C(CCC2)c2[nH]c3ccccc3c21. The summed E-state index contributed by atoms with van der Waals surface area (Å²) < 4.78 is 5.30. The normalized spacial score (nSPS) is 22.6. The Labute approximate surface area is 134 Å². The summed E-state index contributed by atoms with van der Waals surface area (Å²) in [4.78, 5) is 16.2. The Morgan fingerprint density at radius 2 is 2.22 bits per heavy atom. The quantitative estimate of drug-likeness (QED) is 0.857. The summed E-state index contributed by atoms with van der Waals surface area (Å²) in [5.74, 6) is -0.424. The smallest absolute Gasteiger partial charge is 0.331 e. The second-order valence-corrected chi connectivity index (χ2v) is 6.27. The molecule has 4 heteroatoms. The van der Waals surface area contributed by atoms with Crippen molar-refractivity contribution in [1.29, 1.82) is 5.26 Å². The van der Waals surface area contributed by atoms with E-state index in [1.807, 2.05) is 24.3 Å². The number of nitrogens with zero attached hydrogens (tertiary/aromatic N) is 1. The van der Waals surface area contributed by atoms with Crippen molar-refractivity contribution in [1.82, 2.24) is 4.98 Å². The summed E-state index contributed by atoms with van der Waals surface area (Å²) in [5.41, 5.74) is 4.06. The molecule has 0 saturated carbocycles. The van der Waals surface area contributed by atoms with E-state index in [1.54, 1.807) is 6.92 Å². The summed E-state index contributed by atoms with van der Waals surface area (Å²) in [6, 6.07) is 10.2. The van der Waals surface area contributed by atoms with E-state index in [4.69, 9.17) is 4.74 Å². The Bertz CT molecular complexity index is 884. The number of esters is 1. The number of aromatic nitrogens is 1. The molecule has 1 aromatic carbocycles. The highest BCUT2D eigenvalue weighted by Crippen LogP contribution is 2.51. The van der Waals surface area contributed by atoms with Gasteiger partial charge in [-0.3, -0.25) is 0 Å². The highest BCUT2D eigenvalue weighted by atomic mass is 16.5. The van der Waals surface area contributed by atoms with E-state index in [0.717, 1.165) is 41.4 Å². The van der Waals surface area contributed by atoms with Gasteiger partial charge in [0.2, 0.25) is 0 Å². The Balaban J connectivity index is 2.05. The van der Waals surface area contributed by atoms with Crippen LogP contribution in [0.25, 0.3) is 16.5 Å². The van der Waals surface area contributed by atoms with E-state index in [-0.39, 0.29) is 6.61 Å². The van der Waals surface area contributed by atoms with Gasteiger partial charge in [0.1, 0.15) is 0 Å². The predicted molar refractivity (Wildman–Crippen MR) is 87.6 cm³/mol. The molecule has 4 nitrogen and oxygen atoms in total. The lowest BCUT2D eigenvalue weighted by atomic mass is 9.70. The third-order valence-corrected chi connectivity index (χ3v) is 5.06. The Morgan fingerprint density at radius 3 is 3.00 bits per heavy atom. The minimum atomic E-state index is -1.23. The number of aromatic amines is 1. The van der Waals surface area contributed by atoms with Crippen molar-refractivity contribution < 1.29 is 9.53 Å². The number of nitriles is 1. The van der Waals surface area contributed by atoms with Crippen LogP contribution in [0.1, 0.15) is 43.9 Å². The fraction of sp³-hybridized carbons (Fsp3) is 0.368. The number of ether oxygens (including phenoxy) is 1. The number of hydrogen-bond donors (Lipinski definition) is 1. The standard InChI is InChI=1S/C19H18N2O2/c1-2-23-18(22)19(11-20)10-12-6-5-8-13(12)17-16(19)14-7-3-4-9-15(14)21-17/h3-4,7,9,21H,2,5-6,8,10H2,1H3. The van der Waals surface area contributed by atoms with Crippen molar-refractivity contribution in [2.75, 3.05) is 6.61 Å². The lowest BCUT2D eigenvalue weighted by Crippen LogP contribution is -2.39. The maximum Gasteiger partial charge on any atom is 0.331 e. The molecule has 0 aliphatic heterocycles. The van der Waals surface area contributed by atoms with E-state index in [2.05, 4.69) is 11.1 Å². The molecule has 0 saturated heterocycles. The third kappa shape index (κ3) is 1.80. The van der Waals surface area contributed by atoms with Crippen molar-refractivity contribution in [3.63, 3.8) is 0 Å². The predicted octanol–water partition coefficient (Wildman–Crippen LogP) is 3.83. The summed E-state index contributed by atoms with van der Waals surface area (Å²) in [6.45, 7) is 2.06. The van der Waals surface area contributed by atoms with Gasteiger partial charge < -0.3 is 9.72 Å². The number of carbonyl (C=O) groups is 1. The van der Waals surface area contributed by atoms with Crippen LogP contribution in [0.3, 0.4) is 0 Å². The van der Waals surface area contributed by atoms with Crippen LogP contribution < -0.4 is 0 Å². The van der Waals surface area contributed by atoms with E-state index in [9.17, 15) is 10.1 Å². The number of hydrogen-bond acceptors (Lipinski definition) is 3. The second kappa shape index (κ2) is 4.99. The molecule has 2 aromatic rings. The maximum atomic E-state index is 12.8. The summed E-state index contributed by atoms with van der Waals surface area (Å²) in [5, 5.41) is 11.0. The molecule has 1 unspecified atom stereocenters. The number of allylic oxidation sites excluding steroid dienone is 2. The molecular weight excluding hydrogens is 288 g/mol. The van der Waals surface area contributed by atoms with Crippen molar-refractivity contribution >= 4 is 22.4 Å². The molecule has 4 rings (SSSR count). The van der Waals surface area contributed by atoms with E-state index in [1.165, 1.54) is 11.1 Å². The Hall–Kier alpha value is -2.54. The summed E-state index contributed by atoms with van der Waals surface area (Å²) >= 11 is 0. The van der Waals surface area contributed by atoms with Crippen LogP contribution in [-0.2, 0) is 14.9 Å². The minimum Gasteiger partial charge on any atom is -0.465 e. The van der Waals surface area contributed by atoms with Gasteiger partial charge in [0.05, 0.1) is 12.7 Å². The monoisotopic (exact) mass is 306 g/mol. The number of nitrogens with one attached hydrogen (secondary N) is 1. The van der Waals surface area contributed by atoms with Crippen molar-refractivity contribution in [2.45, 2.75) is 38.0 Å². The van der Waals surface area contributed by atoms with E-state index >= 15 is 0 Å². The van der Waals surface area contributed by atoms with Gasteiger partial charge in [-0.1, -0.05) is 23.8 Å². The third-order valence-electron chi connectivity index (χ3n) is 5.06. The lowest BCUT2D eigenvalue weighted by Gasteiger charge is -2.30. The average Bonchev–Trinajstić information content (AvgIpc) is 3.18. The number of benzene rings is 1. The zero-order valence-corrected chi connectivity index (χ0v) is 13.1. The largest absolute Gasteiger partial charge is 0.465 e. The summed E-state index contributed by atoms with van der Waals surface area (Å²) in [6.07, 6.45) is 3.53. The number of rotatable bonds is 2. The van der Waals surface area contributed by atoms with Gasteiger partial charge in [-0.25, -0.2) is 4.79 Å². The second-order valence-electron chi connectivity index (χ2n) is 6.27. The van der Waals surface area contributed by atoms with Crippen LogP contribution in [0, 0.1) is 11.3 Å². The van der Waals surface area contributed by atoms with Gasteiger partial charge in [0.15, 0.2) is 5.41 Å². The van der Waals surface area contributed by atoms with Crippen molar-refractivity contribution in [3.05, 3.63) is 41.1 Å². The van der Waals surface area contributed by atoms with Crippen molar-refractivity contribution in [3.8, 4) is 6.07 Å². The lowest BCUT2D eigenvalue weighted by molar-refractivity contribution is -0.147. The molecule has 2 aliphatic rings. The summed E-state index contributed by atoms with van der Waals surface area (Å²) in [7, 11) is 0. The van der Waals surface area contributed by atoms with E-state index in [0.29, 0.717) is 6.42 Å². The molecule has 1 heterocycles. The number of H-pyrrole nitrogens is 1. The fourth-order valence-electron chi connectivity index (χ4n) is 4.09. The Kier molecular flexibility index (Phi) is 3.05. The zero-order valence-electron chi connectivity index (χ0n) is 13.1. The topological polar surface area (TPSA) is 65.9 Å². The molecule has 0 bridgehead atoms. The zero-order chi connectivity index (χ0) is 16.0. The van der Waals surface area contributed by atoms with Crippen LogP contribution >= 0.6 is 0 Å². The van der Waals surface area contributed by atoms with Gasteiger partial charge in [0, 0.05) is 28.6 Å². The molecule has 0 amide bonds. The molecule has 1 N–H and O–H groups in total. The minimum absolute atomic E-state index is 0.284. The first kappa shape index (κ1) is 14.1. The van der Waals surface area contributed by atoms with Crippen LogP contribution in [0.2, 0.25) is 0 Å². The van der Waals surface area contributed by atoms with Gasteiger partial charge in [-0.15, -0.1) is 0 Å². The molecule has 1 atom stereocenters. The van der Waals surface area contributed by atoms with Crippen LogP contribution in [0.15, 0.2) is 29.8 Å². The van der Waals surface area contributed by atoms with Crippen LogP contribution in [-0.4, -0.2) is 17.6 Å². The molecule has 1 aromatic heterocycles. The van der Waals surface area contributed by atoms with E-state index < -0.39 is 11.4 Å². The number of fused-ring (bicyclic) bond motifs is 4. The molecular formula is C19H18N2O2. The Morgan fingerprint density at radius 1 is 1.39 bits per heavy atom. The van der Waals surface area contributed by atoms with Crippen molar-refractivity contribution in [2.24, 2.45) is 0 Å². The average molecular weight is 306 g/mol. The first-order chi connectivity index (χ1) is 11.2. The molecule has 23 heavy (non-hydrogen) atoms. The van der Waals surface area contributed by atoms with Crippen LogP contribution in [0.5, 0.6) is 0 Å². The molecule has 2 aliphatic carbocycles. The van der Waals surface area contributed by atoms with Gasteiger partial charge in [0.25, 0.3) is 0 Å². The first-order valence-electron chi connectivity index (χ1n) is 8.12. The molecule has 116 valence electrons. The van der Waals surface area contributed by atoms with Crippen LogP contribution in [0.4, 0.5) is 0 Å². The van der Waals surface area contributed by atoms with Gasteiger partial charge >= 0.3 is 5.97 Å². The first-order valence-corrected chi connectivity index (χ1v) is 8.12. The highest BCUT2D eigenvalue weighted by Gasteiger charge is 2.50. The highest BCUT2D eigenvalue weighted by molar-refractivity contribution is 6.01. The van der Waals surface area contributed by atoms with Gasteiger partial charge in [-0.05, 0) is 37.8 Å². The molecule has 0 spiro atoms. The van der Waals surface area contributed by atoms with Gasteiger partial charge in [-0.2, -0.15) is 5.26 Å². The maximum absolute atomic E-state index is 12.8. The molecule has 0 fully saturated rings. The fourth-order valence-corrected chi connectivity index (χ4v) is 4.09. The number of para-hydroxylation sites is 1. The molecule has 0 radical (unpaired) electrons. The number of carbonyl (C=O) groups excluding carboxylic acids is 1.